The van der Waals surface area contributed by atoms with Crippen LogP contribution in [0.25, 0.3) is 0 Å². The fraction of sp³-hybridized carbons (Fsp3) is 0.429. The van der Waals surface area contributed by atoms with Gasteiger partial charge in [0.15, 0.2) is 0 Å². The fourth-order valence-corrected chi connectivity index (χ4v) is 4.44. The summed E-state index contributed by atoms with van der Waals surface area (Å²) in [6.07, 6.45) is 6.34. The molecule has 1 aromatic carbocycles. The molecule has 0 unspecified atom stereocenters. The van der Waals surface area contributed by atoms with E-state index >= 15 is 0 Å². The lowest BCUT2D eigenvalue weighted by Gasteiger charge is -2.27. The molecule has 0 spiro atoms. The smallest absolute Gasteiger partial charge is 0.308 e. The van der Waals surface area contributed by atoms with Gasteiger partial charge in [0.05, 0.1) is 17.9 Å². The van der Waals surface area contributed by atoms with Gasteiger partial charge in [-0.15, -0.1) is 0 Å². The number of esters is 1. The average Bonchev–Trinajstić information content (AvgIpc) is 2.77. The van der Waals surface area contributed by atoms with Crippen molar-refractivity contribution in [1.82, 2.24) is 14.8 Å². The van der Waals surface area contributed by atoms with Crippen molar-refractivity contribution in [2.75, 3.05) is 7.11 Å². The van der Waals surface area contributed by atoms with E-state index in [9.17, 15) is 13.2 Å². The van der Waals surface area contributed by atoms with Crippen molar-refractivity contribution >= 4 is 21.7 Å². The minimum absolute atomic E-state index is 0.0570. The topological polar surface area (TPSA) is 111 Å². The molecule has 3 rings (SSSR count). The van der Waals surface area contributed by atoms with Gasteiger partial charge in [0, 0.05) is 24.0 Å². The van der Waals surface area contributed by atoms with Gasteiger partial charge in [-0.1, -0.05) is 17.7 Å². The van der Waals surface area contributed by atoms with E-state index in [0.717, 1.165) is 24.1 Å². The van der Waals surface area contributed by atoms with Crippen LogP contribution in [0, 0.1) is 18.8 Å². The zero-order valence-electron chi connectivity index (χ0n) is 17.1. The molecular formula is C21H26N4O4S. The second kappa shape index (κ2) is 9.80. The maximum atomic E-state index is 12.7. The van der Waals surface area contributed by atoms with Crippen molar-refractivity contribution in [3.63, 3.8) is 0 Å². The Morgan fingerprint density at radius 3 is 2.40 bits per heavy atom. The lowest BCUT2D eigenvalue weighted by molar-refractivity contribution is -0.146. The van der Waals surface area contributed by atoms with Gasteiger partial charge >= 0.3 is 5.97 Å². The molecule has 1 fully saturated rings. The fourth-order valence-electron chi connectivity index (χ4n) is 3.60. The van der Waals surface area contributed by atoms with Crippen LogP contribution in [-0.4, -0.2) is 37.2 Å². The summed E-state index contributed by atoms with van der Waals surface area (Å²) < 4.78 is 30.2. The molecule has 1 heterocycles. The molecule has 1 saturated carbocycles. The number of carbonyl (C=O) groups excluding carboxylic acids is 1. The lowest BCUT2D eigenvalue weighted by atomic mass is 9.79. The normalized spacial score (nSPS) is 19.9. The summed E-state index contributed by atoms with van der Waals surface area (Å²) in [7, 11) is -2.38. The van der Waals surface area contributed by atoms with Gasteiger partial charge in [-0.3, -0.25) is 4.79 Å². The van der Waals surface area contributed by atoms with Crippen LogP contribution in [0.2, 0.25) is 0 Å². The molecule has 0 aliphatic heterocycles. The molecule has 160 valence electrons. The van der Waals surface area contributed by atoms with Crippen molar-refractivity contribution in [1.29, 1.82) is 0 Å². The summed E-state index contributed by atoms with van der Waals surface area (Å²) in [5.41, 5.74) is 2.44. The van der Waals surface area contributed by atoms with Gasteiger partial charge in [-0.05, 0) is 56.7 Å². The molecule has 0 atom stereocenters. The van der Waals surface area contributed by atoms with Crippen LogP contribution < -0.4 is 4.83 Å². The maximum Gasteiger partial charge on any atom is 0.308 e. The Balaban J connectivity index is 1.79. The molecule has 1 aromatic heterocycles. The molecule has 1 aliphatic rings. The number of sulfonamides is 1. The summed E-state index contributed by atoms with van der Waals surface area (Å²) >= 11 is 0. The quantitative estimate of drug-likeness (QED) is 0.411. The molecule has 0 radical (unpaired) electrons. The first-order chi connectivity index (χ1) is 14.4. The summed E-state index contributed by atoms with van der Waals surface area (Å²) in [5, 5.41) is 4.31. The van der Waals surface area contributed by atoms with E-state index < -0.39 is 10.0 Å². The van der Waals surface area contributed by atoms with Gasteiger partial charge in [-0.2, -0.15) is 13.5 Å². The third kappa shape index (κ3) is 5.63. The van der Waals surface area contributed by atoms with E-state index in [1.165, 1.54) is 13.4 Å². The molecule has 30 heavy (non-hydrogen) atoms. The molecule has 1 aliphatic carbocycles. The van der Waals surface area contributed by atoms with Crippen LogP contribution in [-0.2, 0) is 26.0 Å². The van der Waals surface area contributed by atoms with Gasteiger partial charge in [0.1, 0.15) is 6.33 Å². The number of rotatable bonds is 7. The van der Waals surface area contributed by atoms with Crippen molar-refractivity contribution in [3.8, 4) is 0 Å². The number of nitrogens with zero attached hydrogens (tertiary/aromatic N) is 3. The minimum Gasteiger partial charge on any atom is -0.469 e. The molecule has 1 N–H and O–H groups in total. The van der Waals surface area contributed by atoms with E-state index in [1.54, 1.807) is 36.5 Å². The second-order valence-corrected chi connectivity index (χ2v) is 9.12. The summed E-state index contributed by atoms with van der Waals surface area (Å²) in [5.74, 6) is -0.250. The van der Waals surface area contributed by atoms with Crippen molar-refractivity contribution in [3.05, 3.63) is 54.1 Å². The Hall–Kier alpha value is -2.81. The Labute approximate surface area is 176 Å². The summed E-state index contributed by atoms with van der Waals surface area (Å²) in [4.78, 5) is 22.5. The molecule has 8 nitrogen and oxygen atoms in total. The first-order valence-electron chi connectivity index (χ1n) is 9.86. The van der Waals surface area contributed by atoms with E-state index in [0.29, 0.717) is 25.0 Å². The zero-order chi connectivity index (χ0) is 21.6. The number of hydrogen-bond acceptors (Lipinski definition) is 7. The number of hydrazone groups is 1. The van der Waals surface area contributed by atoms with E-state index in [4.69, 9.17) is 4.74 Å². The standard InChI is InChI=1S/C21H26N4O4S/c1-15-3-9-19(10-4-15)30(27,28)25-24-20(13-18-11-12-22-14-23-18)16-5-7-17(8-6-16)21(26)29-2/h3-4,9-12,14,16-17,25H,5-8,13H2,1-2H3/b24-20+. The van der Waals surface area contributed by atoms with Crippen molar-refractivity contribution in [2.45, 2.75) is 43.9 Å². The van der Waals surface area contributed by atoms with Crippen LogP contribution >= 0.6 is 0 Å². The highest BCUT2D eigenvalue weighted by Gasteiger charge is 2.30. The Kier molecular flexibility index (Phi) is 7.15. The number of benzene rings is 1. The predicted molar refractivity (Wildman–Crippen MR) is 112 cm³/mol. The van der Waals surface area contributed by atoms with Crippen LogP contribution in [0.1, 0.15) is 36.9 Å². The third-order valence-electron chi connectivity index (χ3n) is 5.38. The summed E-state index contributed by atoms with van der Waals surface area (Å²) in [6, 6.07) is 8.38. The lowest BCUT2D eigenvalue weighted by Crippen LogP contribution is -2.30. The van der Waals surface area contributed by atoms with Crippen LogP contribution in [0.4, 0.5) is 0 Å². The minimum atomic E-state index is -3.78. The Bertz CT molecular complexity index is 983. The van der Waals surface area contributed by atoms with Gasteiger partial charge in [0.25, 0.3) is 10.0 Å². The first kappa shape index (κ1) is 21.9. The van der Waals surface area contributed by atoms with E-state index in [1.807, 2.05) is 6.92 Å². The number of aryl methyl sites for hydroxylation is 1. The third-order valence-corrected chi connectivity index (χ3v) is 6.60. The average molecular weight is 431 g/mol. The molecule has 2 aromatic rings. The number of carbonyl (C=O) groups is 1. The van der Waals surface area contributed by atoms with Crippen LogP contribution in [0.5, 0.6) is 0 Å². The number of ether oxygens (including phenoxy) is 1. The largest absolute Gasteiger partial charge is 0.469 e. The number of aromatic nitrogens is 2. The molecule has 0 amide bonds. The van der Waals surface area contributed by atoms with Crippen molar-refractivity contribution in [2.24, 2.45) is 16.9 Å². The van der Waals surface area contributed by atoms with Crippen LogP contribution in [0.15, 0.2) is 52.9 Å². The molecule has 9 heteroatoms. The summed E-state index contributed by atoms with van der Waals surface area (Å²) in [6.45, 7) is 1.90. The number of methoxy groups -OCH3 is 1. The van der Waals surface area contributed by atoms with E-state index in [2.05, 4.69) is 19.9 Å². The SMILES string of the molecule is COC(=O)C1CCC(/C(Cc2ccncn2)=N/NS(=O)(=O)c2ccc(C)cc2)CC1. The second-order valence-electron chi connectivity index (χ2n) is 7.46. The number of hydrogen-bond donors (Lipinski definition) is 1. The van der Waals surface area contributed by atoms with Crippen LogP contribution in [0.3, 0.4) is 0 Å². The molecule has 0 saturated heterocycles. The molecular weight excluding hydrogens is 404 g/mol. The highest BCUT2D eigenvalue weighted by atomic mass is 32.2. The zero-order valence-corrected chi connectivity index (χ0v) is 17.9. The molecule has 0 bridgehead atoms. The highest BCUT2D eigenvalue weighted by molar-refractivity contribution is 7.89. The maximum absolute atomic E-state index is 12.7. The van der Waals surface area contributed by atoms with Gasteiger partial charge in [0.2, 0.25) is 0 Å². The van der Waals surface area contributed by atoms with Crippen molar-refractivity contribution < 1.29 is 17.9 Å². The van der Waals surface area contributed by atoms with E-state index in [-0.39, 0.29) is 22.7 Å². The predicted octanol–water partition coefficient (Wildman–Crippen LogP) is 2.64. The monoisotopic (exact) mass is 430 g/mol. The Morgan fingerprint density at radius 2 is 1.80 bits per heavy atom. The van der Waals surface area contributed by atoms with Gasteiger partial charge in [-0.25, -0.2) is 14.8 Å². The first-order valence-corrected chi connectivity index (χ1v) is 11.3. The highest BCUT2D eigenvalue weighted by Crippen LogP contribution is 2.31. The van der Waals surface area contributed by atoms with Gasteiger partial charge < -0.3 is 4.74 Å². The Morgan fingerprint density at radius 1 is 1.13 bits per heavy atom. The number of nitrogens with one attached hydrogen (secondary N) is 1.